The highest BCUT2D eigenvalue weighted by Crippen LogP contribution is 2.19. The average molecular weight is 389 g/mol. The molecule has 1 atom stereocenters. The van der Waals surface area contributed by atoms with Gasteiger partial charge < -0.3 is 14.5 Å². The monoisotopic (exact) mass is 388 g/mol. The summed E-state index contributed by atoms with van der Waals surface area (Å²) in [6.45, 7) is 1.37. The van der Waals surface area contributed by atoms with Gasteiger partial charge in [0.25, 0.3) is 0 Å². The molecule has 1 aromatic heterocycles. The lowest BCUT2D eigenvalue weighted by Crippen LogP contribution is -2.44. The number of halogens is 1. The highest BCUT2D eigenvalue weighted by molar-refractivity contribution is 6.30. The first kappa shape index (κ1) is 19.4. The van der Waals surface area contributed by atoms with Crippen LogP contribution in [0.1, 0.15) is 24.8 Å². The van der Waals surface area contributed by atoms with Gasteiger partial charge in [0.2, 0.25) is 11.8 Å². The minimum atomic E-state index is -0.0478. The van der Waals surface area contributed by atoms with Crippen molar-refractivity contribution in [3.05, 3.63) is 47.0 Å². The second-order valence-corrected chi connectivity index (χ2v) is 7.41. The number of anilines is 1. The molecule has 1 aliphatic rings. The average Bonchev–Trinajstić information content (AvgIpc) is 2.67. The summed E-state index contributed by atoms with van der Waals surface area (Å²) < 4.78 is 5.95. The summed E-state index contributed by atoms with van der Waals surface area (Å²) in [7, 11) is 3.83. The first-order valence-corrected chi connectivity index (χ1v) is 9.59. The topological polar surface area (TPSA) is 58.6 Å². The first-order valence-electron chi connectivity index (χ1n) is 9.21. The van der Waals surface area contributed by atoms with E-state index >= 15 is 0 Å². The fourth-order valence-corrected chi connectivity index (χ4v) is 3.36. The predicted octanol–water partition coefficient (Wildman–Crippen LogP) is 3.20. The molecular formula is C20H25ClN4O2. The maximum Gasteiger partial charge on any atom is 0.233 e. The molecule has 0 aliphatic carbocycles. The van der Waals surface area contributed by atoms with Crippen molar-refractivity contribution < 1.29 is 9.53 Å². The fourth-order valence-electron chi connectivity index (χ4n) is 3.15. The standard InChI is InChI=1S/C20H25ClN4O2/c1-24(2)18-9-10-19(23-22-18)27-17-7-4-12-25(14-17)20(26)11-8-15-5-3-6-16(21)13-15/h3,5-6,9-10,13,17H,4,7-8,11-12,14H2,1-2H3. The number of amides is 1. The zero-order valence-electron chi connectivity index (χ0n) is 15.8. The fraction of sp³-hybridized carbons (Fsp3) is 0.450. The maximum absolute atomic E-state index is 12.6. The van der Waals surface area contributed by atoms with Crippen LogP contribution in [0, 0.1) is 0 Å². The highest BCUT2D eigenvalue weighted by atomic mass is 35.5. The number of hydrogen-bond acceptors (Lipinski definition) is 5. The largest absolute Gasteiger partial charge is 0.471 e. The third kappa shape index (κ3) is 5.57. The molecule has 1 fully saturated rings. The van der Waals surface area contributed by atoms with Crippen molar-refractivity contribution >= 4 is 23.3 Å². The Hall–Kier alpha value is -2.34. The molecule has 0 bridgehead atoms. The maximum atomic E-state index is 12.6. The van der Waals surface area contributed by atoms with Crippen LogP contribution in [-0.2, 0) is 11.2 Å². The van der Waals surface area contributed by atoms with Gasteiger partial charge in [-0.3, -0.25) is 4.79 Å². The molecule has 0 spiro atoms. The second kappa shape index (κ2) is 9.04. The smallest absolute Gasteiger partial charge is 0.233 e. The van der Waals surface area contributed by atoms with E-state index in [-0.39, 0.29) is 12.0 Å². The Balaban J connectivity index is 1.51. The van der Waals surface area contributed by atoms with E-state index in [9.17, 15) is 4.79 Å². The quantitative estimate of drug-likeness (QED) is 0.760. The number of ether oxygens (including phenoxy) is 1. The van der Waals surface area contributed by atoms with Crippen molar-refractivity contribution in [1.82, 2.24) is 15.1 Å². The van der Waals surface area contributed by atoms with Gasteiger partial charge in [-0.05, 0) is 43.0 Å². The minimum absolute atomic E-state index is 0.0478. The van der Waals surface area contributed by atoms with Crippen molar-refractivity contribution in [2.75, 3.05) is 32.1 Å². The minimum Gasteiger partial charge on any atom is -0.471 e. The van der Waals surface area contributed by atoms with Crippen LogP contribution in [0.3, 0.4) is 0 Å². The third-order valence-electron chi connectivity index (χ3n) is 4.62. The number of likely N-dealkylation sites (tertiary alicyclic amines) is 1. The molecule has 1 aliphatic heterocycles. The summed E-state index contributed by atoms with van der Waals surface area (Å²) in [4.78, 5) is 16.4. The zero-order valence-corrected chi connectivity index (χ0v) is 16.5. The van der Waals surface area contributed by atoms with Crippen molar-refractivity contribution in [1.29, 1.82) is 0 Å². The number of rotatable bonds is 6. The number of carbonyl (C=O) groups excluding carboxylic acids is 1. The van der Waals surface area contributed by atoms with Gasteiger partial charge in [-0.15, -0.1) is 10.2 Å². The summed E-state index contributed by atoms with van der Waals surface area (Å²) in [6.07, 6.45) is 2.96. The summed E-state index contributed by atoms with van der Waals surface area (Å²) >= 11 is 6.01. The summed E-state index contributed by atoms with van der Waals surface area (Å²) in [6, 6.07) is 11.4. The van der Waals surface area contributed by atoms with Gasteiger partial charge in [0.05, 0.1) is 6.54 Å². The van der Waals surface area contributed by atoms with Gasteiger partial charge in [-0.1, -0.05) is 23.7 Å². The second-order valence-electron chi connectivity index (χ2n) is 6.98. The molecule has 2 heterocycles. The van der Waals surface area contributed by atoms with E-state index < -0.39 is 0 Å². The van der Waals surface area contributed by atoms with E-state index in [0.717, 1.165) is 30.8 Å². The lowest BCUT2D eigenvalue weighted by atomic mass is 10.1. The van der Waals surface area contributed by atoms with Gasteiger partial charge in [0.15, 0.2) is 5.82 Å². The number of piperidine rings is 1. The highest BCUT2D eigenvalue weighted by Gasteiger charge is 2.25. The van der Waals surface area contributed by atoms with E-state index in [4.69, 9.17) is 16.3 Å². The van der Waals surface area contributed by atoms with E-state index in [1.54, 1.807) is 0 Å². The van der Waals surface area contributed by atoms with Gasteiger partial charge in [0.1, 0.15) is 6.10 Å². The summed E-state index contributed by atoms with van der Waals surface area (Å²) in [5, 5.41) is 8.95. The van der Waals surface area contributed by atoms with Crippen LogP contribution in [-0.4, -0.2) is 54.3 Å². The molecule has 1 saturated heterocycles. The Morgan fingerprint density at radius 2 is 2.15 bits per heavy atom. The van der Waals surface area contributed by atoms with E-state index in [1.807, 2.05) is 60.3 Å². The molecule has 1 unspecified atom stereocenters. The molecule has 27 heavy (non-hydrogen) atoms. The number of aromatic nitrogens is 2. The van der Waals surface area contributed by atoms with Crippen molar-refractivity contribution in [3.8, 4) is 5.88 Å². The molecule has 1 aromatic carbocycles. The van der Waals surface area contributed by atoms with Gasteiger partial charge in [-0.2, -0.15) is 0 Å². The summed E-state index contributed by atoms with van der Waals surface area (Å²) in [5.74, 6) is 1.43. The zero-order chi connectivity index (χ0) is 19.2. The van der Waals surface area contributed by atoms with Gasteiger partial charge >= 0.3 is 0 Å². The molecule has 1 amide bonds. The van der Waals surface area contributed by atoms with Crippen molar-refractivity contribution in [3.63, 3.8) is 0 Å². The Kier molecular flexibility index (Phi) is 6.50. The van der Waals surface area contributed by atoms with Crippen molar-refractivity contribution in [2.45, 2.75) is 31.8 Å². The van der Waals surface area contributed by atoms with Crippen LogP contribution in [0.25, 0.3) is 0 Å². The molecule has 0 radical (unpaired) electrons. The van der Waals surface area contributed by atoms with Crippen LogP contribution in [0.4, 0.5) is 5.82 Å². The number of carbonyl (C=O) groups is 1. The van der Waals surface area contributed by atoms with E-state index in [0.29, 0.717) is 30.3 Å². The molecule has 7 heteroatoms. The van der Waals surface area contributed by atoms with Gasteiger partial charge in [-0.25, -0.2) is 0 Å². The lowest BCUT2D eigenvalue weighted by molar-refractivity contribution is -0.133. The Bertz CT molecular complexity index is 767. The Morgan fingerprint density at radius 1 is 1.30 bits per heavy atom. The molecule has 6 nitrogen and oxygen atoms in total. The van der Waals surface area contributed by atoms with Gasteiger partial charge in [0, 0.05) is 38.1 Å². The molecule has 0 N–H and O–H groups in total. The number of aryl methyl sites for hydroxylation is 1. The van der Waals surface area contributed by atoms with Crippen LogP contribution >= 0.6 is 11.6 Å². The number of hydrogen-bond donors (Lipinski definition) is 0. The van der Waals surface area contributed by atoms with E-state index in [2.05, 4.69) is 10.2 Å². The Morgan fingerprint density at radius 3 is 2.85 bits per heavy atom. The van der Waals surface area contributed by atoms with Crippen LogP contribution < -0.4 is 9.64 Å². The SMILES string of the molecule is CN(C)c1ccc(OC2CCCN(C(=O)CCc3cccc(Cl)c3)C2)nn1. The molecular weight excluding hydrogens is 364 g/mol. The first-order chi connectivity index (χ1) is 13.0. The van der Waals surface area contributed by atoms with Crippen LogP contribution in [0.5, 0.6) is 5.88 Å². The lowest BCUT2D eigenvalue weighted by Gasteiger charge is -2.32. The molecule has 2 aromatic rings. The normalized spacial score (nSPS) is 16.9. The van der Waals surface area contributed by atoms with Crippen LogP contribution in [0.2, 0.25) is 5.02 Å². The summed E-state index contributed by atoms with van der Waals surface area (Å²) in [5.41, 5.74) is 1.08. The van der Waals surface area contributed by atoms with Crippen molar-refractivity contribution in [2.24, 2.45) is 0 Å². The Labute approximate surface area is 165 Å². The van der Waals surface area contributed by atoms with Crippen LogP contribution in [0.15, 0.2) is 36.4 Å². The third-order valence-corrected chi connectivity index (χ3v) is 4.85. The molecule has 0 saturated carbocycles. The van der Waals surface area contributed by atoms with E-state index in [1.165, 1.54) is 0 Å². The number of benzene rings is 1. The molecule has 3 rings (SSSR count). The number of nitrogens with zero attached hydrogens (tertiary/aromatic N) is 4. The molecule has 144 valence electrons. The predicted molar refractivity (Wildman–Crippen MR) is 106 cm³/mol.